The van der Waals surface area contributed by atoms with Crippen LogP contribution in [0.2, 0.25) is 0 Å². The predicted octanol–water partition coefficient (Wildman–Crippen LogP) is 2.95. The first kappa shape index (κ1) is 21.1. The molecule has 0 atom stereocenters. The van der Waals surface area contributed by atoms with Gasteiger partial charge in [0.2, 0.25) is 0 Å². The lowest BCUT2D eigenvalue weighted by Gasteiger charge is -2.36. The van der Waals surface area contributed by atoms with Crippen molar-refractivity contribution in [1.82, 2.24) is 15.0 Å². The van der Waals surface area contributed by atoms with Crippen LogP contribution in [0.1, 0.15) is 64.8 Å². The van der Waals surface area contributed by atoms with Crippen LogP contribution >= 0.6 is 0 Å². The van der Waals surface area contributed by atoms with E-state index in [0.717, 1.165) is 18.5 Å². The Hall–Kier alpha value is -2.25. The molecule has 1 fully saturated rings. The number of hydrogen-bond donors (Lipinski definition) is 1. The van der Waals surface area contributed by atoms with E-state index in [0.29, 0.717) is 50.4 Å². The molecule has 0 radical (unpaired) electrons. The Morgan fingerprint density at radius 1 is 1.26 bits per heavy atom. The zero-order valence-corrected chi connectivity index (χ0v) is 17.2. The maximum Gasteiger partial charge on any atom is 0.410 e. The zero-order valence-electron chi connectivity index (χ0n) is 17.2. The van der Waals surface area contributed by atoms with E-state index in [1.165, 1.54) is 0 Å². The summed E-state index contributed by atoms with van der Waals surface area (Å²) < 4.78 is 10.8. The van der Waals surface area contributed by atoms with Gasteiger partial charge in [-0.2, -0.15) is 0 Å². The molecular formula is C19H33N5O3. The molecule has 1 amide bonds. The molecule has 2 heterocycles. The summed E-state index contributed by atoms with van der Waals surface area (Å²) in [4.78, 5) is 20.2. The lowest BCUT2D eigenvalue weighted by molar-refractivity contribution is 0.0186. The number of piperazine rings is 1. The zero-order chi connectivity index (χ0) is 20.0. The second-order valence-corrected chi connectivity index (χ2v) is 7.86. The van der Waals surface area contributed by atoms with Crippen LogP contribution in [0.5, 0.6) is 0 Å². The molecule has 0 saturated carbocycles. The second kappa shape index (κ2) is 9.10. The minimum atomic E-state index is -0.487. The Morgan fingerprint density at radius 3 is 2.41 bits per heavy atom. The number of guanidine groups is 1. The molecule has 2 rings (SSSR count). The number of carbonyl (C=O) groups is 1. The average Bonchev–Trinajstić information content (AvgIpc) is 3.08. The maximum absolute atomic E-state index is 12.1. The number of aromatic nitrogens is 1. The summed E-state index contributed by atoms with van der Waals surface area (Å²) in [5, 5.41) is 4.15. The molecule has 0 aliphatic carbocycles. The average molecular weight is 380 g/mol. The summed E-state index contributed by atoms with van der Waals surface area (Å²) in [7, 11) is 0. The third-order valence-electron chi connectivity index (χ3n) is 4.63. The Morgan fingerprint density at radius 2 is 1.85 bits per heavy atom. The Bertz CT molecular complexity index is 638. The lowest BCUT2D eigenvalue weighted by Crippen LogP contribution is -2.53. The Labute approximate surface area is 161 Å². The number of carbonyl (C=O) groups excluding carboxylic acids is 1. The van der Waals surface area contributed by atoms with Crippen molar-refractivity contribution in [2.75, 3.05) is 26.2 Å². The van der Waals surface area contributed by atoms with Crippen LogP contribution in [0.3, 0.4) is 0 Å². The number of ether oxygens (including phenoxy) is 1. The molecule has 8 heteroatoms. The highest BCUT2D eigenvalue weighted by Gasteiger charge is 2.26. The first-order valence-electron chi connectivity index (χ1n) is 9.71. The molecule has 0 spiro atoms. The fourth-order valence-corrected chi connectivity index (χ4v) is 3.01. The van der Waals surface area contributed by atoms with Crippen molar-refractivity contribution >= 4 is 12.1 Å². The number of aliphatic imine (C=N–C) groups is 1. The third-order valence-corrected chi connectivity index (χ3v) is 4.63. The van der Waals surface area contributed by atoms with Gasteiger partial charge < -0.3 is 24.8 Å². The molecule has 27 heavy (non-hydrogen) atoms. The molecule has 1 aliphatic rings. The van der Waals surface area contributed by atoms with E-state index in [1.54, 1.807) is 4.90 Å². The first-order valence-corrected chi connectivity index (χ1v) is 9.71. The Kier molecular flexibility index (Phi) is 7.10. The van der Waals surface area contributed by atoms with Crippen molar-refractivity contribution in [2.45, 2.75) is 65.5 Å². The van der Waals surface area contributed by atoms with Gasteiger partial charge in [0.15, 0.2) is 11.7 Å². The highest BCUT2D eigenvalue weighted by molar-refractivity contribution is 5.78. The van der Waals surface area contributed by atoms with Gasteiger partial charge in [-0.15, -0.1) is 0 Å². The van der Waals surface area contributed by atoms with Crippen LogP contribution in [0, 0.1) is 0 Å². The normalized spacial score (nSPS) is 16.1. The van der Waals surface area contributed by atoms with Crippen LogP contribution in [-0.4, -0.2) is 58.8 Å². The van der Waals surface area contributed by atoms with Gasteiger partial charge in [0.05, 0.1) is 5.69 Å². The largest absolute Gasteiger partial charge is 0.444 e. The molecule has 1 aromatic rings. The van der Waals surface area contributed by atoms with Gasteiger partial charge in [0.1, 0.15) is 12.1 Å². The van der Waals surface area contributed by atoms with Crippen molar-refractivity contribution in [1.29, 1.82) is 0 Å². The number of nitrogens with two attached hydrogens (primary N) is 1. The molecule has 0 bridgehead atoms. The molecule has 1 aliphatic heterocycles. The van der Waals surface area contributed by atoms with Crippen LogP contribution in [0.15, 0.2) is 15.6 Å². The molecular weight excluding hydrogens is 346 g/mol. The van der Waals surface area contributed by atoms with Crippen LogP contribution in [0.4, 0.5) is 4.79 Å². The predicted molar refractivity (Wildman–Crippen MR) is 105 cm³/mol. The van der Waals surface area contributed by atoms with E-state index in [-0.39, 0.29) is 6.09 Å². The fourth-order valence-electron chi connectivity index (χ4n) is 3.01. The molecule has 152 valence electrons. The van der Waals surface area contributed by atoms with Crippen molar-refractivity contribution in [2.24, 2.45) is 10.7 Å². The monoisotopic (exact) mass is 379 g/mol. The van der Waals surface area contributed by atoms with E-state index >= 15 is 0 Å². The molecule has 0 unspecified atom stereocenters. The van der Waals surface area contributed by atoms with Crippen LogP contribution < -0.4 is 5.73 Å². The van der Waals surface area contributed by atoms with Gasteiger partial charge in [-0.3, -0.25) is 0 Å². The van der Waals surface area contributed by atoms with Gasteiger partial charge >= 0.3 is 6.09 Å². The highest BCUT2D eigenvalue weighted by Crippen LogP contribution is 2.22. The van der Waals surface area contributed by atoms with Crippen molar-refractivity contribution in [3.63, 3.8) is 0 Å². The summed E-state index contributed by atoms with van der Waals surface area (Å²) in [6.07, 6.45) is 1.79. The van der Waals surface area contributed by atoms with Gasteiger partial charge in [-0.1, -0.05) is 19.0 Å². The summed E-state index contributed by atoms with van der Waals surface area (Å²) in [6, 6.07) is 1.97. The molecule has 1 saturated heterocycles. The third kappa shape index (κ3) is 6.15. The highest BCUT2D eigenvalue weighted by atomic mass is 16.6. The van der Waals surface area contributed by atoms with Gasteiger partial charge in [-0.05, 0) is 33.6 Å². The smallest absolute Gasteiger partial charge is 0.410 e. The van der Waals surface area contributed by atoms with Crippen LogP contribution in [-0.2, 0) is 11.3 Å². The SMILES string of the molecule is CCC(CC)c1cc(CN=C(N)N2CCN(C(=O)OC(C)(C)C)CC2)on1. The molecule has 1 aromatic heterocycles. The van der Waals surface area contributed by atoms with Crippen LogP contribution in [0.25, 0.3) is 0 Å². The van der Waals surface area contributed by atoms with Crippen molar-refractivity contribution in [3.05, 3.63) is 17.5 Å². The minimum Gasteiger partial charge on any atom is -0.444 e. The van der Waals surface area contributed by atoms with Gasteiger partial charge in [-0.25, -0.2) is 9.79 Å². The van der Waals surface area contributed by atoms with E-state index in [4.69, 9.17) is 15.0 Å². The summed E-state index contributed by atoms with van der Waals surface area (Å²) >= 11 is 0. The lowest BCUT2D eigenvalue weighted by atomic mass is 9.99. The Balaban J connectivity index is 1.85. The molecule has 8 nitrogen and oxygen atoms in total. The van der Waals surface area contributed by atoms with E-state index in [9.17, 15) is 4.79 Å². The quantitative estimate of drug-likeness (QED) is 0.624. The second-order valence-electron chi connectivity index (χ2n) is 7.86. The van der Waals surface area contributed by atoms with E-state index in [1.807, 2.05) is 31.7 Å². The number of rotatable bonds is 5. The summed E-state index contributed by atoms with van der Waals surface area (Å²) in [5.74, 6) is 1.59. The first-order chi connectivity index (χ1) is 12.7. The topological polar surface area (TPSA) is 97.2 Å². The van der Waals surface area contributed by atoms with Crippen molar-refractivity contribution < 1.29 is 14.1 Å². The number of hydrogen-bond acceptors (Lipinski definition) is 5. The van der Waals surface area contributed by atoms with E-state index < -0.39 is 5.60 Å². The maximum atomic E-state index is 12.1. The van der Waals surface area contributed by atoms with Gasteiger partial charge in [0, 0.05) is 38.2 Å². The standard InChI is InChI=1S/C19H33N5O3/c1-6-14(7-2)16-12-15(27-22-16)13-21-17(20)23-8-10-24(11-9-23)18(25)26-19(3,4)5/h12,14H,6-11,13H2,1-5H3,(H2,20,21). The molecule has 0 aromatic carbocycles. The van der Waals surface area contributed by atoms with Gasteiger partial charge in [0.25, 0.3) is 0 Å². The number of nitrogens with zero attached hydrogens (tertiary/aromatic N) is 4. The number of amides is 1. The summed E-state index contributed by atoms with van der Waals surface area (Å²) in [5.41, 5.74) is 6.61. The summed E-state index contributed by atoms with van der Waals surface area (Å²) in [6.45, 7) is 12.6. The fraction of sp³-hybridized carbons (Fsp3) is 0.737. The molecule has 2 N–H and O–H groups in total. The minimum absolute atomic E-state index is 0.284. The van der Waals surface area contributed by atoms with E-state index in [2.05, 4.69) is 24.0 Å². The van der Waals surface area contributed by atoms with Crippen molar-refractivity contribution in [3.8, 4) is 0 Å².